The van der Waals surface area contributed by atoms with Gasteiger partial charge in [0.2, 0.25) is 0 Å². The third-order valence-electron chi connectivity index (χ3n) is 1.64. The van der Waals surface area contributed by atoms with Gasteiger partial charge in [-0.05, 0) is 18.1 Å². The Morgan fingerprint density at radius 3 is 2.73 bits per heavy atom. The van der Waals surface area contributed by atoms with Gasteiger partial charge in [-0.2, -0.15) is 0 Å². The molecule has 0 bridgehead atoms. The van der Waals surface area contributed by atoms with Gasteiger partial charge in [0, 0.05) is 10.6 Å². The summed E-state index contributed by atoms with van der Waals surface area (Å²) in [5.74, 6) is 0. The molecular formula is C9H9ClO. The Hall–Kier alpha value is -0.820. The van der Waals surface area contributed by atoms with Gasteiger partial charge < -0.3 is 0 Å². The van der Waals surface area contributed by atoms with Crippen LogP contribution in [0.25, 0.3) is 0 Å². The predicted molar refractivity (Wildman–Crippen MR) is 46.2 cm³/mol. The van der Waals surface area contributed by atoms with Crippen molar-refractivity contribution in [3.05, 3.63) is 34.3 Å². The highest BCUT2D eigenvalue weighted by molar-refractivity contribution is 6.31. The standard InChI is InChI=1S/C9H9ClO/c1-2-8-7(6-11)4-3-5-9(8)10/h3-6H,2H2,1H3. The van der Waals surface area contributed by atoms with Gasteiger partial charge in [-0.1, -0.05) is 30.7 Å². The lowest BCUT2D eigenvalue weighted by Gasteiger charge is -2.02. The topological polar surface area (TPSA) is 17.1 Å². The molecule has 11 heavy (non-hydrogen) atoms. The van der Waals surface area contributed by atoms with Crippen molar-refractivity contribution < 1.29 is 4.79 Å². The van der Waals surface area contributed by atoms with Crippen LogP contribution in [-0.4, -0.2) is 6.29 Å². The fourth-order valence-electron chi connectivity index (χ4n) is 1.06. The highest BCUT2D eigenvalue weighted by atomic mass is 35.5. The molecule has 0 spiro atoms. The van der Waals surface area contributed by atoms with Crippen LogP contribution in [0.15, 0.2) is 18.2 Å². The average Bonchev–Trinajstić information content (AvgIpc) is 2.04. The number of rotatable bonds is 2. The highest BCUT2D eigenvalue weighted by Gasteiger charge is 2.02. The summed E-state index contributed by atoms with van der Waals surface area (Å²) in [5.41, 5.74) is 1.63. The van der Waals surface area contributed by atoms with Crippen LogP contribution in [0.4, 0.5) is 0 Å². The Morgan fingerprint density at radius 2 is 2.27 bits per heavy atom. The summed E-state index contributed by atoms with van der Waals surface area (Å²) >= 11 is 5.85. The first-order valence-corrected chi connectivity index (χ1v) is 3.90. The van der Waals surface area contributed by atoms with Crippen molar-refractivity contribution in [2.24, 2.45) is 0 Å². The maximum atomic E-state index is 10.5. The van der Waals surface area contributed by atoms with Gasteiger partial charge in [-0.3, -0.25) is 4.79 Å². The summed E-state index contributed by atoms with van der Waals surface area (Å²) in [6.07, 6.45) is 1.64. The molecule has 1 aromatic rings. The smallest absolute Gasteiger partial charge is 0.150 e. The lowest BCUT2D eigenvalue weighted by molar-refractivity contribution is 0.112. The van der Waals surface area contributed by atoms with Crippen LogP contribution in [0, 0.1) is 0 Å². The second-order valence-electron chi connectivity index (χ2n) is 2.28. The minimum absolute atomic E-state index is 0.678. The molecule has 0 unspecified atom stereocenters. The van der Waals surface area contributed by atoms with Gasteiger partial charge in [0.15, 0.2) is 0 Å². The first kappa shape index (κ1) is 8.28. The summed E-state index contributed by atoms with van der Waals surface area (Å²) in [4.78, 5) is 10.5. The summed E-state index contributed by atoms with van der Waals surface area (Å²) in [7, 11) is 0. The molecule has 0 saturated carbocycles. The summed E-state index contributed by atoms with van der Waals surface area (Å²) < 4.78 is 0. The highest BCUT2D eigenvalue weighted by Crippen LogP contribution is 2.18. The van der Waals surface area contributed by atoms with Crippen molar-refractivity contribution in [2.45, 2.75) is 13.3 Å². The summed E-state index contributed by atoms with van der Waals surface area (Å²) in [5, 5.41) is 0.678. The molecule has 1 nitrogen and oxygen atoms in total. The SMILES string of the molecule is CCc1c(Cl)cccc1C=O. The van der Waals surface area contributed by atoms with Crippen LogP contribution in [0.3, 0.4) is 0 Å². The third kappa shape index (κ3) is 1.60. The van der Waals surface area contributed by atoms with Gasteiger partial charge in [-0.25, -0.2) is 0 Å². The van der Waals surface area contributed by atoms with Gasteiger partial charge >= 0.3 is 0 Å². The van der Waals surface area contributed by atoms with Gasteiger partial charge in [0.1, 0.15) is 6.29 Å². The third-order valence-corrected chi connectivity index (χ3v) is 1.99. The summed E-state index contributed by atoms with van der Waals surface area (Å²) in [6.45, 7) is 1.98. The molecule has 0 aliphatic rings. The number of aldehydes is 1. The van der Waals surface area contributed by atoms with Crippen LogP contribution in [0.1, 0.15) is 22.8 Å². The molecule has 0 aliphatic heterocycles. The van der Waals surface area contributed by atoms with E-state index in [0.29, 0.717) is 10.6 Å². The van der Waals surface area contributed by atoms with Crippen molar-refractivity contribution >= 4 is 17.9 Å². The van der Waals surface area contributed by atoms with E-state index in [4.69, 9.17) is 11.6 Å². The van der Waals surface area contributed by atoms with E-state index < -0.39 is 0 Å². The number of carbonyl (C=O) groups excluding carboxylic acids is 1. The van der Waals surface area contributed by atoms with Crippen molar-refractivity contribution in [3.63, 3.8) is 0 Å². The summed E-state index contributed by atoms with van der Waals surface area (Å²) in [6, 6.07) is 5.36. The number of benzene rings is 1. The molecule has 58 valence electrons. The Labute approximate surface area is 71.0 Å². The quantitative estimate of drug-likeness (QED) is 0.621. The minimum atomic E-state index is 0.678. The zero-order valence-corrected chi connectivity index (χ0v) is 7.06. The van der Waals surface area contributed by atoms with E-state index in [0.717, 1.165) is 18.3 Å². The molecule has 0 aromatic heterocycles. The van der Waals surface area contributed by atoms with Crippen molar-refractivity contribution in [2.75, 3.05) is 0 Å². The van der Waals surface area contributed by atoms with Crippen molar-refractivity contribution in [1.82, 2.24) is 0 Å². The normalized spacial score (nSPS) is 9.64. The number of halogens is 1. The van der Waals surface area contributed by atoms with Gasteiger partial charge in [0.25, 0.3) is 0 Å². The van der Waals surface area contributed by atoms with E-state index >= 15 is 0 Å². The average molecular weight is 169 g/mol. The number of hydrogen-bond acceptors (Lipinski definition) is 1. The molecule has 1 rings (SSSR count). The van der Waals surface area contributed by atoms with E-state index in [9.17, 15) is 4.79 Å². The lowest BCUT2D eigenvalue weighted by Crippen LogP contribution is -1.90. The molecule has 0 fully saturated rings. The van der Waals surface area contributed by atoms with Crippen LogP contribution in [0.2, 0.25) is 5.02 Å². The molecule has 0 heterocycles. The second-order valence-corrected chi connectivity index (χ2v) is 2.69. The van der Waals surface area contributed by atoms with E-state index in [-0.39, 0.29) is 0 Å². The molecule has 0 amide bonds. The zero-order chi connectivity index (χ0) is 8.27. The Morgan fingerprint density at radius 1 is 1.55 bits per heavy atom. The minimum Gasteiger partial charge on any atom is -0.298 e. The Balaban J connectivity index is 3.23. The van der Waals surface area contributed by atoms with E-state index in [2.05, 4.69) is 0 Å². The monoisotopic (exact) mass is 168 g/mol. The number of carbonyl (C=O) groups is 1. The maximum absolute atomic E-state index is 10.5. The molecule has 0 atom stereocenters. The molecule has 1 aromatic carbocycles. The molecule has 0 N–H and O–H groups in total. The number of hydrogen-bond donors (Lipinski definition) is 0. The fraction of sp³-hybridized carbons (Fsp3) is 0.222. The molecule has 0 saturated heterocycles. The van der Waals surface area contributed by atoms with Crippen molar-refractivity contribution in [3.8, 4) is 0 Å². The van der Waals surface area contributed by atoms with Crippen LogP contribution in [0.5, 0.6) is 0 Å². The predicted octanol–water partition coefficient (Wildman–Crippen LogP) is 2.71. The molecule has 0 radical (unpaired) electrons. The van der Waals surface area contributed by atoms with Crippen LogP contribution >= 0.6 is 11.6 Å². The van der Waals surface area contributed by atoms with E-state index in [1.165, 1.54) is 0 Å². The zero-order valence-electron chi connectivity index (χ0n) is 6.30. The first-order chi connectivity index (χ1) is 5.29. The van der Waals surface area contributed by atoms with E-state index in [1.54, 1.807) is 18.2 Å². The van der Waals surface area contributed by atoms with Gasteiger partial charge in [-0.15, -0.1) is 0 Å². The van der Waals surface area contributed by atoms with Crippen LogP contribution < -0.4 is 0 Å². The van der Waals surface area contributed by atoms with Crippen LogP contribution in [-0.2, 0) is 6.42 Å². The maximum Gasteiger partial charge on any atom is 0.150 e. The first-order valence-electron chi connectivity index (χ1n) is 3.52. The lowest BCUT2D eigenvalue weighted by atomic mass is 10.1. The molecule has 2 heteroatoms. The van der Waals surface area contributed by atoms with Gasteiger partial charge in [0.05, 0.1) is 0 Å². The van der Waals surface area contributed by atoms with E-state index in [1.807, 2.05) is 6.92 Å². The molecule has 0 aliphatic carbocycles. The van der Waals surface area contributed by atoms with Crippen molar-refractivity contribution in [1.29, 1.82) is 0 Å². The molecular weight excluding hydrogens is 160 g/mol. The largest absolute Gasteiger partial charge is 0.298 e. The fourth-order valence-corrected chi connectivity index (χ4v) is 1.37. The second kappa shape index (κ2) is 3.54. The Kier molecular flexibility index (Phi) is 2.66. The Bertz CT molecular complexity index is 268.